The zero-order valence-electron chi connectivity index (χ0n) is 18.8. The number of rotatable bonds is 3. The topological polar surface area (TPSA) is 72.9 Å². The molecule has 0 saturated carbocycles. The molecule has 4 rings (SSSR count). The summed E-state index contributed by atoms with van der Waals surface area (Å²) in [5.74, 6) is 0.227. The average Bonchev–Trinajstić information content (AvgIpc) is 2.71. The standard InChI is InChI=1S/C24H29NO5S/c1-23(2,3)15-7-10-17(11-8-15)31(27,28)21-19-14-24(4,25(5)22(21)26)30-20-13-16(29-6)9-12-18(19)20/h7-13,19,21H,14H2,1-6H3. The third-order valence-corrected chi connectivity index (χ3v) is 8.71. The number of benzene rings is 2. The molecule has 2 heterocycles. The molecule has 2 aromatic carbocycles. The van der Waals surface area contributed by atoms with Gasteiger partial charge in [-0.3, -0.25) is 4.79 Å². The number of methoxy groups -OCH3 is 1. The Bertz CT molecular complexity index is 1130. The maximum Gasteiger partial charge on any atom is 0.244 e. The minimum Gasteiger partial charge on any atom is -0.497 e. The average molecular weight is 444 g/mol. The number of fused-ring (bicyclic) bond motifs is 4. The van der Waals surface area contributed by atoms with Gasteiger partial charge < -0.3 is 14.4 Å². The van der Waals surface area contributed by atoms with Crippen LogP contribution in [0.15, 0.2) is 47.4 Å². The highest BCUT2D eigenvalue weighted by Crippen LogP contribution is 2.50. The minimum atomic E-state index is -3.92. The summed E-state index contributed by atoms with van der Waals surface area (Å²) in [7, 11) is -0.748. The van der Waals surface area contributed by atoms with E-state index < -0.39 is 32.6 Å². The van der Waals surface area contributed by atoms with Gasteiger partial charge in [-0.15, -0.1) is 0 Å². The molecule has 0 radical (unpaired) electrons. The smallest absolute Gasteiger partial charge is 0.244 e. The number of amides is 1. The fourth-order valence-electron chi connectivity index (χ4n) is 4.54. The van der Waals surface area contributed by atoms with Crippen molar-refractivity contribution in [3.63, 3.8) is 0 Å². The summed E-state index contributed by atoms with van der Waals surface area (Å²) in [5.41, 5.74) is 0.752. The zero-order valence-corrected chi connectivity index (χ0v) is 19.6. The lowest BCUT2D eigenvalue weighted by Crippen LogP contribution is -2.64. The molecule has 1 saturated heterocycles. The molecule has 1 fully saturated rings. The fraction of sp³-hybridized carbons (Fsp3) is 0.458. The van der Waals surface area contributed by atoms with E-state index in [-0.39, 0.29) is 10.3 Å². The molecule has 166 valence electrons. The lowest BCUT2D eigenvalue weighted by atomic mass is 9.80. The first-order valence-corrected chi connectivity index (χ1v) is 11.9. The van der Waals surface area contributed by atoms with Crippen LogP contribution in [0.3, 0.4) is 0 Å². The van der Waals surface area contributed by atoms with Gasteiger partial charge in [0.05, 0.1) is 12.0 Å². The molecule has 3 atom stereocenters. The number of carbonyl (C=O) groups excluding carboxylic acids is 1. The molecule has 7 heteroatoms. The van der Waals surface area contributed by atoms with Crippen LogP contribution in [0.5, 0.6) is 11.5 Å². The van der Waals surface area contributed by atoms with Crippen molar-refractivity contribution in [2.75, 3.05) is 14.2 Å². The number of piperidine rings is 1. The number of hydrogen-bond acceptors (Lipinski definition) is 5. The summed E-state index contributed by atoms with van der Waals surface area (Å²) in [6, 6.07) is 12.2. The number of sulfone groups is 1. The Morgan fingerprint density at radius 1 is 1.13 bits per heavy atom. The van der Waals surface area contributed by atoms with Crippen molar-refractivity contribution in [3.05, 3.63) is 53.6 Å². The van der Waals surface area contributed by atoms with Gasteiger partial charge in [0, 0.05) is 25.5 Å². The molecule has 1 amide bonds. The molecule has 2 aromatic rings. The van der Waals surface area contributed by atoms with E-state index in [0.717, 1.165) is 11.1 Å². The van der Waals surface area contributed by atoms with Gasteiger partial charge >= 0.3 is 0 Å². The van der Waals surface area contributed by atoms with Gasteiger partial charge in [0.25, 0.3) is 0 Å². The van der Waals surface area contributed by atoms with Gasteiger partial charge in [-0.1, -0.05) is 39.0 Å². The van der Waals surface area contributed by atoms with Crippen LogP contribution in [0.1, 0.15) is 51.2 Å². The summed E-state index contributed by atoms with van der Waals surface area (Å²) in [6.45, 7) is 8.04. The molecule has 0 spiro atoms. The highest BCUT2D eigenvalue weighted by molar-refractivity contribution is 7.92. The van der Waals surface area contributed by atoms with Crippen LogP contribution in [-0.2, 0) is 20.0 Å². The van der Waals surface area contributed by atoms with Crippen molar-refractivity contribution < 1.29 is 22.7 Å². The van der Waals surface area contributed by atoms with E-state index in [4.69, 9.17) is 9.47 Å². The molecule has 0 aliphatic carbocycles. The van der Waals surface area contributed by atoms with E-state index in [9.17, 15) is 13.2 Å². The maximum absolute atomic E-state index is 13.7. The van der Waals surface area contributed by atoms with Gasteiger partial charge in [0.15, 0.2) is 20.8 Å². The van der Waals surface area contributed by atoms with Crippen molar-refractivity contribution in [1.82, 2.24) is 4.90 Å². The Morgan fingerprint density at radius 3 is 2.35 bits per heavy atom. The Balaban J connectivity index is 1.82. The van der Waals surface area contributed by atoms with Gasteiger partial charge in [0.2, 0.25) is 5.91 Å². The van der Waals surface area contributed by atoms with Crippen LogP contribution in [0, 0.1) is 0 Å². The molecule has 2 aliphatic heterocycles. The molecular weight excluding hydrogens is 414 g/mol. The highest BCUT2D eigenvalue weighted by atomic mass is 32.2. The Labute approximate surface area is 184 Å². The zero-order chi connectivity index (χ0) is 22.8. The second-order valence-electron chi connectivity index (χ2n) is 9.63. The van der Waals surface area contributed by atoms with E-state index in [2.05, 4.69) is 20.8 Å². The highest BCUT2D eigenvalue weighted by Gasteiger charge is 2.57. The van der Waals surface area contributed by atoms with Gasteiger partial charge in [-0.2, -0.15) is 0 Å². The van der Waals surface area contributed by atoms with Gasteiger partial charge in [-0.25, -0.2) is 8.42 Å². The van der Waals surface area contributed by atoms with Crippen molar-refractivity contribution >= 4 is 15.7 Å². The van der Waals surface area contributed by atoms with Crippen LogP contribution in [0.2, 0.25) is 0 Å². The van der Waals surface area contributed by atoms with Gasteiger partial charge in [-0.05, 0) is 41.7 Å². The van der Waals surface area contributed by atoms with Crippen LogP contribution in [-0.4, -0.2) is 44.4 Å². The van der Waals surface area contributed by atoms with Crippen molar-refractivity contribution in [1.29, 1.82) is 0 Å². The minimum absolute atomic E-state index is 0.0936. The Morgan fingerprint density at radius 2 is 1.77 bits per heavy atom. The number of nitrogens with zero attached hydrogens (tertiary/aromatic N) is 1. The second kappa shape index (κ2) is 6.99. The maximum atomic E-state index is 13.7. The first-order chi connectivity index (χ1) is 14.4. The summed E-state index contributed by atoms with van der Waals surface area (Å²) >= 11 is 0. The Hall–Kier alpha value is -2.54. The second-order valence-corrected chi connectivity index (χ2v) is 11.7. The molecule has 2 aliphatic rings. The Kier molecular flexibility index (Phi) is 4.89. The SMILES string of the molecule is COc1ccc2c(c1)OC1(C)CC2C(S(=O)(=O)c2ccc(C(C)(C)C)cc2)C(=O)N1C. The molecule has 6 nitrogen and oxygen atoms in total. The number of likely N-dealkylation sites (tertiary alicyclic amines) is 1. The third-order valence-electron chi connectivity index (χ3n) is 6.58. The van der Waals surface area contributed by atoms with E-state index in [1.54, 1.807) is 38.4 Å². The van der Waals surface area contributed by atoms with E-state index in [1.807, 2.05) is 25.1 Å². The normalized spacial score (nSPS) is 25.6. The summed E-state index contributed by atoms with van der Waals surface area (Å²) in [5, 5.41) is -1.21. The van der Waals surface area contributed by atoms with E-state index in [0.29, 0.717) is 17.9 Å². The summed E-state index contributed by atoms with van der Waals surface area (Å²) < 4.78 is 38.9. The molecule has 0 N–H and O–H groups in total. The first kappa shape index (κ1) is 21.7. The monoisotopic (exact) mass is 443 g/mol. The third kappa shape index (κ3) is 3.39. The lowest BCUT2D eigenvalue weighted by molar-refractivity contribution is -0.159. The predicted molar refractivity (Wildman–Crippen MR) is 118 cm³/mol. The predicted octanol–water partition coefficient (Wildman–Crippen LogP) is 3.89. The lowest BCUT2D eigenvalue weighted by Gasteiger charge is -2.51. The number of hydrogen-bond donors (Lipinski definition) is 0. The molecular formula is C24H29NO5S. The van der Waals surface area contributed by atoms with Crippen LogP contribution < -0.4 is 9.47 Å². The largest absolute Gasteiger partial charge is 0.497 e. The molecule has 31 heavy (non-hydrogen) atoms. The van der Waals surface area contributed by atoms with E-state index in [1.165, 1.54) is 4.90 Å². The van der Waals surface area contributed by atoms with Crippen LogP contribution in [0.25, 0.3) is 0 Å². The van der Waals surface area contributed by atoms with Crippen LogP contribution >= 0.6 is 0 Å². The van der Waals surface area contributed by atoms with Gasteiger partial charge in [0.1, 0.15) is 11.5 Å². The van der Waals surface area contributed by atoms with Crippen molar-refractivity contribution in [2.24, 2.45) is 0 Å². The summed E-state index contributed by atoms with van der Waals surface area (Å²) in [6.07, 6.45) is 0.401. The van der Waals surface area contributed by atoms with Crippen LogP contribution in [0.4, 0.5) is 0 Å². The molecule has 2 bridgehead atoms. The molecule has 3 unspecified atom stereocenters. The fourth-order valence-corrected chi connectivity index (χ4v) is 6.45. The van der Waals surface area contributed by atoms with Crippen molar-refractivity contribution in [3.8, 4) is 11.5 Å². The summed E-state index contributed by atoms with van der Waals surface area (Å²) in [4.78, 5) is 15.0. The quantitative estimate of drug-likeness (QED) is 0.720. The van der Waals surface area contributed by atoms with E-state index >= 15 is 0 Å². The van der Waals surface area contributed by atoms with Crippen molar-refractivity contribution in [2.45, 2.75) is 61.3 Å². The first-order valence-electron chi connectivity index (χ1n) is 10.4. The molecule has 0 aromatic heterocycles. The number of ether oxygens (including phenoxy) is 2. The number of carbonyl (C=O) groups is 1.